The highest BCUT2D eigenvalue weighted by atomic mass is 19.1. The van der Waals surface area contributed by atoms with Crippen molar-refractivity contribution in [1.82, 2.24) is 4.90 Å². The Morgan fingerprint density at radius 1 is 1.33 bits per heavy atom. The summed E-state index contributed by atoms with van der Waals surface area (Å²) in [6, 6.07) is 4.55. The molecule has 2 fully saturated rings. The molecule has 21 heavy (non-hydrogen) atoms. The van der Waals surface area contributed by atoms with Crippen LogP contribution in [0.5, 0.6) is 0 Å². The second-order valence-electron chi connectivity index (χ2n) is 6.74. The van der Waals surface area contributed by atoms with Crippen molar-refractivity contribution in [3.8, 4) is 0 Å². The van der Waals surface area contributed by atoms with Crippen molar-refractivity contribution >= 4 is 5.69 Å². The summed E-state index contributed by atoms with van der Waals surface area (Å²) in [7, 11) is 0. The number of hydrogen-bond acceptors (Lipinski definition) is 3. The zero-order valence-electron chi connectivity index (χ0n) is 13.3. The number of fused-ring (bicyclic) bond motifs is 1. The van der Waals surface area contributed by atoms with Gasteiger partial charge in [-0.1, -0.05) is 0 Å². The normalized spacial score (nSPS) is 27.8. The van der Waals surface area contributed by atoms with Gasteiger partial charge in [-0.2, -0.15) is 0 Å². The molecule has 0 radical (unpaired) electrons. The molecule has 2 saturated heterocycles. The van der Waals surface area contributed by atoms with Crippen LogP contribution >= 0.6 is 0 Å². The van der Waals surface area contributed by atoms with Gasteiger partial charge in [0, 0.05) is 36.9 Å². The summed E-state index contributed by atoms with van der Waals surface area (Å²) in [6.45, 7) is 9.39. The van der Waals surface area contributed by atoms with Gasteiger partial charge in [-0.3, -0.25) is 4.90 Å². The van der Waals surface area contributed by atoms with E-state index in [-0.39, 0.29) is 11.9 Å². The third kappa shape index (κ3) is 2.67. The average molecular weight is 291 g/mol. The molecule has 0 spiro atoms. The maximum atomic E-state index is 13.9. The summed E-state index contributed by atoms with van der Waals surface area (Å²) < 4.78 is 13.9. The molecule has 0 saturated carbocycles. The fraction of sp³-hybridized carbons (Fsp3) is 0.647. The molecule has 2 aliphatic rings. The first-order valence-corrected chi connectivity index (χ1v) is 8.03. The summed E-state index contributed by atoms with van der Waals surface area (Å²) in [5, 5.41) is 0. The van der Waals surface area contributed by atoms with Gasteiger partial charge in [-0.05, 0) is 63.4 Å². The lowest BCUT2D eigenvalue weighted by Crippen LogP contribution is -2.55. The highest BCUT2D eigenvalue weighted by Gasteiger charge is 2.35. The van der Waals surface area contributed by atoms with Gasteiger partial charge in [0.25, 0.3) is 0 Å². The van der Waals surface area contributed by atoms with E-state index in [1.54, 1.807) is 6.07 Å². The molecule has 2 heterocycles. The van der Waals surface area contributed by atoms with Crippen LogP contribution in [0.3, 0.4) is 0 Å². The van der Waals surface area contributed by atoms with Crippen LogP contribution in [0.4, 0.5) is 10.1 Å². The number of halogens is 1. The third-order valence-corrected chi connectivity index (χ3v) is 5.05. The van der Waals surface area contributed by atoms with E-state index in [1.807, 2.05) is 19.9 Å². The first kappa shape index (κ1) is 14.8. The Bertz CT molecular complexity index is 529. The lowest BCUT2D eigenvalue weighted by atomic mass is 9.99. The lowest BCUT2D eigenvalue weighted by Gasteiger charge is -2.44. The molecular formula is C17H26FN3. The number of benzene rings is 1. The number of rotatable bonds is 2. The van der Waals surface area contributed by atoms with Crippen molar-refractivity contribution in [3.63, 3.8) is 0 Å². The largest absolute Gasteiger partial charge is 0.366 e. The Balaban J connectivity index is 1.97. The quantitative estimate of drug-likeness (QED) is 0.909. The van der Waals surface area contributed by atoms with E-state index in [1.165, 1.54) is 19.4 Å². The molecule has 2 unspecified atom stereocenters. The van der Waals surface area contributed by atoms with Crippen molar-refractivity contribution in [3.05, 3.63) is 29.1 Å². The van der Waals surface area contributed by atoms with Crippen LogP contribution in [-0.4, -0.2) is 36.6 Å². The van der Waals surface area contributed by atoms with Crippen LogP contribution < -0.4 is 10.6 Å². The molecule has 116 valence electrons. The topological polar surface area (TPSA) is 32.5 Å². The number of hydrogen-bond donors (Lipinski definition) is 1. The SMILES string of the molecule is Cc1cc(N2CC3CCCN3CC2C)c([C@@H](C)N)cc1F. The van der Waals surface area contributed by atoms with Crippen LogP contribution in [0.25, 0.3) is 0 Å². The molecule has 3 rings (SSSR count). The zero-order chi connectivity index (χ0) is 15.1. The number of nitrogens with two attached hydrogens (primary N) is 1. The monoisotopic (exact) mass is 291 g/mol. The summed E-state index contributed by atoms with van der Waals surface area (Å²) in [4.78, 5) is 5.04. The van der Waals surface area contributed by atoms with Crippen molar-refractivity contribution < 1.29 is 4.39 Å². The van der Waals surface area contributed by atoms with E-state index in [4.69, 9.17) is 5.73 Å². The molecule has 0 bridgehead atoms. The maximum absolute atomic E-state index is 13.9. The van der Waals surface area contributed by atoms with E-state index in [2.05, 4.69) is 16.7 Å². The fourth-order valence-electron chi connectivity index (χ4n) is 3.82. The summed E-state index contributed by atoms with van der Waals surface area (Å²) in [5.41, 5.74) is 8.85. The minimum atomic E-state index is -0.154. The number of aryl methyl sites for hydroxylation is 1. The van der Waals surface area contributed by atoms with Gasteiger partial charge in [-0.15, -0.1) is 0 Å². The lowest BCUT2D eigenvalue weighted by molar-refractivity contribution is 0.202. The van der Waals surface area contributed by atoms with E-state index in [0.29, 0.717) is 17.6 Å². The fourth-order valence-corrected chi connectivity index (χ4v) is 3.82. The van der Waals surface area contributed by atoms with Gasteiger partial charge in [0.1, 0.15) is 5.82 Å². The van der Waals surface area contributed by atoms with Crippen LogP contribution in [0.1, 0.15) is 43.9 Å². The summed E-state index contributed by atoms with van der Waals surface area (Å²) in [6.07, 6.45) is 2.57. The van der Waals surface area contributed by atoms with Gasteiger partial charge in [0.2, 0.25) is 0 Å². The zero-order valence-corrected chi connectivity index (χ0v) is 13.3. The Labute approximate surface area is 126 Å². The van der Waals surface area contributed by atoms with Crippen LogP contribution in [0.15, 0.2) is 12.1 Å². The van der Waals surface area contributed by atoms with Gasteiger partial charge in [0.15, 0.2) is 0 Å². The smallest absolute Gasteiger partial charge is 0.126 e. The molecular weight excluding hydrogens is 265 g/mol. The second-order valence-corrected chi connectivity index (χ2v) is 6.74. The van der Waals surface area contributed by atoms with E-state index < -0.39 is 0 Å². The van der Waals surface area contributed by atoms with Crippen molar-refractivity contribution in [2.24, 2.45) is 5.73 Å². The van der Waals surface area contributed by atoms with E-state index >= 15 is 0 Å². The Kier molecular flexibility index (Phi) is 3.93. The van der Waals surface area contributed by atoms with Crippen LogP contribution in [0, 0.1) is 12.7 Å². The summed E-state index contributed by atoms with van der Waals surface area (Å²) >= 11 is 0. The Morgan fingerprint density at radius 3 is 2.81 bits per heavy atom. The molecule has 3 nitrogen and oxygen atoms in total. The highest BCUT2D eigenvalue weighted by molar-refractivity contribution is 5.58. The average Bonchev–Trinajstić information content (AvgIpc) is 2.87. The van der Waals surface area contributed by atoms with E-state index in [9.17, 15) is 4.39 Å². The first-order valence-electron chi connectivity index (χ1n) is 8.03. The van der Waals surface area contributed by atoms with Crippen molar-refractivity contribution in [2.45, 2.75) is 51.7 Å². The highest BCUT2D eigenvalue weighted by Crippen LogP contribution is 2.34. The van der Waals surface area contributed by atoms with E-state index in [0.717, 1.165) is 24.3 Å². The third-order valence-electron chi connectivity index (χ3n) is 5.05. The standard InChI is InChI=1S/C17H26FN3/c1-11-7-17(15(13(3)19)8-16(11)18)21-10-14-5-4-6-20(14)9-12(21)2/h7-8,12-14H,4-6,9-10,19H2,1-3H3/t12?,13-,14?/m1/s1. The van der Waals surface area contributed by atoms with Crippen molar-refractivity contribution in [2.75, 3.05) is 24.5 Å². The van der Waals surface area contributed by atoms with Gasteiger partial charge in [0.05, 0.1) is 0 Å². The Morgan fingerprint density at radius 2 is 2.10 bits per heavy atom. The minimum absolute atomic E-state index is 0.149. The molecule has 1 aromatic carbocycles. The molecule has 3 atom stereocenters. The molecule has 0 aliphatic carbocycles. The molecule has 2 aliphatic heterocycles. The van der Waals surface area contributed by atoms with Crippen LogP contribution in [-0.2, 0) is 0 Å². The number of nitrogens with zero attached hydrogens (tertiary/aromatic N) is 2. The minimum Gasteiger partial charge on any atom is -0.366 e. The number of piperazine rings is 1. The van der Waals surface area contributed by atoms with Crippen molar-refractivity contribution in [1.29, 1.82) is 0 Å². The van der Waals surface area contributed by atoms with Crippen LogP contribution in [0.2, 0.25) is 0 Å². The molecule has 1 aromatic rings. The Hall–Kier alpha value is -1.13. The molecule has 0 aromatic heterocycles. The summed E-state index contributed by atoms with van der Waals surface area (Å²) in [5.74, 6) is -0.154. The first-order chi connectivity index (χ1) is 9.97. The second kappa shape index (κ2) is 5.58. The number of anilines is 1. The molecule has 0 amide bonds. The predicted molar refractivity (Wildman–Crippen MR) is 85.1 cm³/mol. The maximum Gasteiger partial charge on any atom is 0.126 e. The molecule has 4 heteroatoms. The predicted octanol–water partition coefficient (Wildman–Crippen LogP) is 2.83. The van der Waals surface area contributed by atoms with Gasteiger partial charge < -0.3 is 10.6 Å². The molecule has 2 N–H and O–H groups in total. The van der Waals surface area contributed by atoms with Gasteiger partial charge >= 0.3 is 0 Å². The van der Waals surface area contributed by atoms with Gasteiger partial charge in [-0.25, -0.2) is 4.39 Å².